The Morgan fingerprint density at radius 3 is 2.00 bits per heavy atom. The van der Waals surface area contributed by atoms with E-state index in [1.165, 1.54) is 6.66 Å². The van der Waals surface area contributed by atoms with Gasteiger partial charge >= 0.3 is 0 Å². The average molecular weight is 178 g/mol. The van der Waals surface area contributed by atoms with E-state index in [1.54, 1.807) is 6.92 Å². The van der Waals surface area contributed by atoms with E-state index in [2.05, 4.69) is 0 Å². The van der Waals surface area contributed by atoms with Crippen LogP contribution in [0.3, 0.4) is 0 Å². The molecule has 0 radical (unpaired) electrons. The predicted molar refractivity (Wildman–Crippen MR) is 43.9 cm³/mol. The first-order chi connectivity index (χ1) is 4.66. The molecule has 1 saturated heterocycles. The Labute approximate surface area is 67.2 Å². The molecule has 0 unspecified atom stereocenters. The third kappa shape index (κ3) is 1.51. The van der Waals surface area contributed by atoms with Crippen molar-refractivity contribution in [2.24, 2.45) is 0 Å². The highest BCUT2D eigenvalue weighted by Gasteiger charge is 2.53. The Kier molecular flexibility index (Phi) is 1.76. The number of hydrogen-bond acceptors (Lipinski definition) is 3. The van der Waals surface area contributed by atoms with Gasteiger partial charge < -0.3 is 9.63 Å². The van der Waals surface area contributed by atoms with Crippen molar-refractivity contribution in [3.8, 4) is 0 Å². The normalized spacial score (nSPS) is 49.5. The van der Waals surface area contributed by atoms with Gasteiger partial charge in [0.15, 0.2) is 0 Å². The molecule has 1 aliphatic heterocycles. The van der Waals surface area contributed by atoms with Crippen molar-refractivity contribution >= 4 is 7.37 Å². The lowest BCUT2D eigenvalue weighted by Gasteiger charge is -2.19. The molecule has 2 atom stereocenters. The van der Waals surface area contributed by atoms with E-state index in [9.17, 15) is 9.67 Å². The van der Waals surface area contributed by atoms with Crippen LogP contribution in [0.5, 0.6) is 0 Å². The monoisotopic (exact) mass is 178 g/mol. The van der Waals surface area contributed by atoms with Gasteiger partial charge in [0.25, 0.3) is 0 Å². The summed E-state index contributed by atoms with van der Waals surface area (Å²) in [6.45, 7) is 6.74. The van der Waals surface area contributed by atoms with Gasteiger partial charge in [-0.3, -0.25) is 4.57 Å². The zero-order chi connectivity index (χ0) is 8.91. The fourth-order valence-electron chi connectivity index (χ4n) is 1.55. The first kappa shape index (κ1) is 9.24. The van der Waals surface area contributed by atoms with Crippen LogP contribution in [-0.2, 0) is 9.09 Å². The molecule has 1 aliphatic rings. The molecule has 1 heterocycles. The molecule has 0 amide bonds. The molecule has 4 heteroatoms. The van der Waals surface area contributed by atoms with Crippen molar-refractivity contribution in [1.82, 2.24) is 0 Å². The van der Waals surface area contributed by atoms with Crippen LogP contribution in [-0.4, -0.2) is 22.7 Å². The molecule has 0 bridgehead atoms. The van der Waals surface area contributed by atoms with Gasteiger partial charge in [-0.05, 0) is 20.8 Å². The van der Waals surface area contributed by atoms with Crippen LogP contribution in [0.4, 0.5) is 0 Å². The van der Waals surface area contributed by atoms with Crippen molar-refractivity contribution in [2.45, 2.75) is 38.1 Å². The van der Waals surface area contributed by atoms with E-state index in [0.717, 1.165) is 0 Å². The molecule has 0 spiro atoms. The highest BCUT2D eigenvalue weighted by atomic mass is 31.2. The molecular weight excluding hydrogens is 163 g/mol. The van der Waals surface area contributed by atoms with Crippen molar-refractivity contribution in [1.29, 1.82) is 0 Å². The summed E-state index contributed by atoms with van der Waals surface area (Å²) in [4.78, 5) is 0. The van der Waals surface area contributed by atoms with Gasteiger partial charge in [0, 0.05) is 13.1 Å². The largest absolute Gasteiger partial charge is 0.380 e. The molecule has 11 heavy (non-hydrogen) atoms. The Bertz CT molecular complexity index is 220. The van der Waals surface area contributed by atoms with Gasteiger partial charge in [0.2, 0.25) is 7.37 Å². The standard InChI is InChI=1S/C7H15O3P/c1-6(2)5-7(3,8)11(4,9)10-6/h8H,5H2,1-4H3/t7-,11+/m1/s1. The second kappa shape index (κ2) is 2.09. The summed E-state index contributed by atoms with van der Waals surface area (Å²) in [6, 6.07) is 0. The Morgan fingerprint density at radius 2 is 1.91 bits per heavy atom. The van der Waals surface area contributed by atoms with Gasteiger partial charge in [-0.1, -0.05) is 0 Å². The maximum atomic E-state index is 11.6. The minimum absolute atomic E-state index is 0.438. The van der Waals surface area contributed by atoms with Crippen LogP contribution in [0.15, 0.2) is 0 Å². The highest BCUT2D eigenvalue weighted by molar-refractivity contribution is 7.59. The predicted octanol–water partition coefficient (Wildman–Crippen LogP) is 1.80. The van der Waals surface area contributed by atoms with Crippen LogP contribution in [0.25, 0.3) is 0 Å². The van der Waals surface area contributed by atoms with E-state index in [-0.39, 0.29) is 0 Å². The zero-order valence-electron chi connectivity index (χ0n) is 7.42. The van der Waals surface area contributed by atoms with Crippen LogP contribution in [0.1, 0.15) is 27.2 Å². The quantitative estimate of drug-likeness (QED) is 0.575. The summed E-state index contributed by atoms with van der Waals surface area (Å²) in [7, 11) is -2.81. The smallest absolute Gasteiger partial charge is 0.231 e. The van der Waals surface area contributed by atoms with Gasteiger partial charge in [-0.15, -0.1) is 0 Å². The Morgan fingerprint density at radius 1 is 1.45 bits per heavy atom. The van der Waals surface area contributed by atoms with E-state index in [1.807, 2.05) is 13.8 Å². The molecule has 1 rings (SSSR count). The zero-order valence-corrected chi connectivity index (χ0v) is 8.31. The maximum absolute atomic E-state index is 11.6. The topological polar surface area (TPSA) is 46.5 Å². The van der Waals surface area contributed by atoms with E-state index in [0.29, 0.717) is 6.42 Å². The lowest BCUT2D eigenvalue weighted by atomic mass is 10.0. The maximum Gasteiger partial charge on any atom is 0.231 e. The molecule has 0 aromatic carbocycles. The molecular formula is C7H15O3P. The van der Waals surface area contributed by atoms with Crippen LogP contribution in [0, 0.1) is 0 Å². The van der Waals surface area contributed by atoms with Gasteiger partial charge in [0.1, 0.15) is 5.34 Å². The summed E-state index contributed by atoms with van der Waals surface area (Å²) in [5.41, 5.74) is -0.451. The Hall–Kier alpha value is 0.150. The third-order valence-electron chi connectivity index (χ3n) is 2.06. The van der Waals surface area contributed by atoms with Crippen molar-refractivity contribution in [2.75, 3.05) is 6.66 Å². The fraction of sp³-hybridized carbons (Fsp3) is 1.00. The molecule has 66 valence electrons. The van der Waals surface area contributed by atoms with E-state index >= 15 is 0 Å². The van der Waals surface area contributed by atoms with Crippen molar-refractivity contribution in [3.63, 3.8) is 0 Å². The third-order valence-corrected chi connectivity index (χ3v) is 4.81. The van der Waals surface area contributed by atoms with Crippen LogP contribution < -0.4 is 0 Å². The molecule has 3 nitrogen and oxygen atoms in total. The summed E-state index contributed by atoms with van der Waals surface area (Å²) >= 11 is 0. The fourth-order valence-corrected chi connectivity index (χ4v) is 3.42. The molecule has 0 aliphatic carbocycles. The second-order valence-electron chi connectivity index (χ2n) is 4.09. The number of rotatable bonds is 0. The molecule has 0 aromatic rings. The van der Waals surface area contributed by atoms with Gasteiger partial charge in [-0.2, -0.15) is 0 Å². The van der Waals surface area contributed by atoms with Crippen LogP contribution in [0.2, 0.25) is 0 Å². The van der Waals surface area contributed by atoms with E-state index in [4.69, 9.17) is 4.52 Å². The van der Waals surface area contributed by atoms with Crippen molar-refractivity contribution < 1.29 is 14.2 Å². The molecule has 0 saturated carbocycles. The minimum atomic E-state index is -2.81. The summed E-state index contributed by atoms with van der Waals surface area (Å²) in [5.74, 6) is 0. The first-order valence-electron chi connectivity index (χ1n) is 3.67. The summed E-state index contributed by atoms with van der Waals surface area (Å²) in [6.07, 6.45) is 0.438. The minimum Gasteiger partial charge on any atom is -0.380 e. The number of aliphatic hydroxyl groups is 1. The lowest BCUT2D eigenvalue weighted by molar-refractivity contribution is 0.0932. The van der Waals surface area contributed by atoms with Gasteiger partial charge in [-0.25, -0.2) is 0 Å². The highest BCUT2D eigenvalue weighted by Crippen LogP contribution is 2.65. The number of hydrogen-bond donors (Lipinski definition) is 1. The van der Waals surface area contributed by atoms with Crippen LogP contribution >= 0.6 is 7.37 Å². The summed E-state index contributed by atoms with van der Waals surface area (Å²) in [5, 5.41) is 8.53. The van der Waals surface area contributed by atoms with E-state index < -0.39 is 18.3 Å². The van der Waals surface area contributed by atoms with Crippen molar-refractivity contribution in [3.05, 3.63) is 0 Å². The molecule has 0 aromatic heterocycles. The summed E-state index contributed by atoms with van der Waals surface area (Å²) < 4.78 is 16.9. The molecule has 1 fully saturated rings. The Balaban J connectivity index is 2.99. The second-order valence-corrected chi connectivity index (χ2v) is 6.93. The first-order valence-corrected chi connectivity index (χ1v) is 5.74. The van der Waals surface area contributed by atoms with Gasteiger partial charge in [0.05, 0.1) is 5.60 Å². The SMILES string of the molecule is CC1(C)C[C@](C)(O)[P@@](C)(=O)O1. The molecule has 1 N–H and O–H groups in total. The lowest BCUT2D eigenvalue weighted by Crippen LogP contribution is -2.24. The average Bonchev–Trinajstić information content (AvgIpc) is 1.66.